The Hall–Kier alpha value is -2.26. The Morgan fingerprint density at radius 3 is 2.41 bits per heavy atom. The lowest BCUT2D eigenvalue weighted by atomic mass is 10.1. The number of nitrogens with zero attached hydrogens (tertiary/aromatic N) is 2. The fraction of sp³-hybridized carbons (Fsp3) is 0.458. The number of benzene rings is 2. The van der Waals surface area contributed by atoms with Crippen LogP contribution in [0.5, 0.6) is 0 Å². The van der Waals surface area contributed by atoms with Gasteiger partial charge in [0, 0.05) is 50.9 Å². The highest BCUT2D eigenvalue weighted by Gasteiger charge is 2.27. The number of sulfonamides is 1. The first kappa shape index (κ1) is 22.9. The van der Waals surface area contributed by atoms with Gasteiger partial charge in [-0.2, -0.15) is 0 Å². The summed E-state index contributed by atoms with van der Waals surface area (Å²) in [6.07, 6.45) is 2.72. The molecule has 2 N–H and O–H groups in total. The summed E-state index contributed by atoms with van der Waals surface area (Å²) in [7, 11) is -1.29. The molecule has 7 nitrogen and oxygen atoms in total. The lowest BCUT2D eigenvalue weighted by Gasteiger charge is -2.32. The van der Waals surface area contributed by atoms with Crippen molar-refractivity contribution in [3.63, 3.8) is 0 Å². The van der Waals surface area contributed by atoms with Gasteiger partial charge in [0.05, 0.1) is 4.90 Å². The molecule has 0 aromatic heterocycles. The number of anilines is 1. The number of carbonyl (C=O) groups excluding carboxylic acids is 1. The Morgan fingerprint density at radius 2 is 1.72 bits per heavy atom. The van der Waals surface area contributed by atoms with E-state index in [1.54, 1.807) is 24.3 Å². The Bertz CT molecular complexity index is 1030. The van der Waals surface area contributed by atoms with E-state index in [9.17, 15) is 13.2 Å². The smallest absolute Gasteiger partial charge is 0.240 e. The predicted octanol–water partition coefficient (Wildman–Crippen LogP) is 2.45. The number of aryl methyl sites for hydroxylation is 1. The van der Waals surface area contributed by atoms with E-state index in [0.29, 0.717) is 12.8 Å². The van der Waals surface area contributed by atoms with Crippen LogP contribution in [0.15, 0.2) is 53.4 Å². The summed E-state index contributed by atoms with van der Waals surface area (Å²) in [4.78, 5) is 17.5. The van der Waals surface area contributed by atoms with Gasteiger partial charge in [0.15, 0.2) is 0 Å². The first-order valence-electron chi connectivity index (χ1n) is 11.3. The molecule has 1 saturated heterocycles. The standard InChI is InChI=1S/C24H32N4O3S/c1-27-13-15-28(16-14-27)18-20-3-2-4-22(17-20)25-24(29)12-7-19-5-10-23(11-6-19)32(30,31)26-21-8-9-21/h2-6,10-11,17,21,26H,7-9,12-16,18H2,1H3,(H,25,29). The van der Waals surface area contributed by atoms with Gasteiger partial charge in [0.25, 0.3) is 0 Å². The van der Waals surface area contributed by atoms with Crippen LogP contribution in [-0.2, 0) is 27.8 Å². The van der Waals surface area contributed by atoms with E-state index < -0.39 is 10.0 Å². The van der Waals surface area contributed by atoms with Gasteiger partial charge in [-0.15, -0.1) is 0 Å². The van der Waals surface area contributed by atoms with Crippen LogP contribution >= 0.6 is 0 Å². The maximum Gasteiger partial charge on any atom is 0.240 e. The molecule has 2 aromatic rings. The first-order valence-corrected chi connectivity index (χ1v) is 12.8. The van der Waals surface area contributed by atoms with E-state index in [0.717, 1.165) is 56.8 Å². The first-order chi connectivity index (χ1) is 15.4. The third kappa shape index (κ3) is 6.62. The number of carbonyl (C=O) groups is 1. The highest BCUT2D eigenvalue weighted by molar-refractivity contribution is 7.89. The van der Waals surface area contributed by atoms with E-state index >= 15 is 0 Å². The molecule has 8 heteroatoms. The molecule has 0 atom stereocenters. The zero-order chi connectivity index (χ0) is 22.6. The molecule has 172 valence electrons. The fourth-order valence-electron chi connectivity index (χ4n) is 3.82. The van der Waals surface area contributed by atoms with Crippen molar-refractivity contribution in [1.82, 2.24) is 14.5 Å². The average molecular weight is 457 g/mol. The molecular weight excluding hydrogens is 424 g/mol. The molecular formula is C24H32N4O3S. The lowest BCUT2D eigenvalue weighted by molar-refractivity contribution is -0.116. The molecule has 1 amide bonds. The number of rotatable bonds is 9. The van der Waals surface area contributed by atoms with E-state index in [-0.39, 0.29) is 16.8 Å². The molecule has 1 heterocycles. The Balaban J connectivity index is 1.26. The second-order valence-electron chi connectivity index (χ2n) is 8.87. The second kappa shape index (κ2) is 10.1. The SMILES string of the molecule is CN1CCN(Cc2cccc(NC(=O)CCc3ccc(S(=O)(=O)NC4CC4)cc3)c2)CC1. The molecule has 0 unspecified atom stereocenters. The van der Waals surface area contributed by atoms with E-state index in [1.807, 2.05) is 18.2 Å². The average Bonchev–Trinajstić information content (AvgIpc) is 3.58. The van der Waals surface area contributed by atoms with Crippen LogP contribution < -0.4 is 10.0 Å². The van der Waals surface area contributed by atoms with Crippen molar-refractivity contribution in [3.05, 3.63) is 59.7 Å². The number of amides is 1. The van der Waals surface area contributed by atoms with Crippen molar-refractivity contribution in [2.75, 3.05) is 38.5 Å². The van der Waals surface area contributed by atoms with Gasteiger partial charge < -0.3 is 10.2 Å². The third-order valence-corrected chi connectivity index (χ3v) is 7.52. The summed E-state index contributed by atoms with van der Waals surface area (Å²) in [5.41, 5.74) is 2.95. The van der Waals surface area contributed by atoms with Crippen molar-refractivity contribution in [1.29, 1.82) is 0 Å². The fourth-order valence-corrected chi connectivity index (χ4v) is 5.12. The Labute approximate surface area is 190 Å². The van der Waals surface area contributed by atoms with E-state index in [1.165, 1.54) is 5.56 Å². The predicted molar refractivity (Wildman–Crippen MR) is 126 cm³/mol. The highest BCUT2D eigenvalue weighted by atomic mass is 32.2. The third-order valence-electron chi connectivity index (χ3n) is 5.99. The van der Waals surface area contributed by atoms with Crippen LogP contribution in [0.3, 0.4) is 0 Å². The molecule has 4 rings (SSSR count). The minimum absolute atomic E-state index is 0.0474. The van der Waals surface area contributed by atoms with Crippen molar-refractivity contribution in [2.45, 2.75) is 43.2 Å². The summed E-state index contributed by atoms with van der Waals surface area (Å²) in [5, 5.41) is 2.99. The number of hydrogen-bond acceptors (Lipinski definition) is 5. The van der Waals surface area contributed by atoms with Crippen LogP contribution in [0.2, 0.25) is 0 Å². The molecule has 1 saturated carbocycles. The van der Waals surface area contributed by atoms with Crippen LogP contribution in [-0.4, -0.2) is 63.4 Å². The summed E-state index contributed by atoms with van der Waals surface area (Å²) in [5.74, 6) is -0.0474. The van der Waals surface area contributed by atoms with Crippen LogP contribution in [0.4, 0.5) is 5.69 Å². The molecule has 0 radical (unpaired) electrons. The van der Waals surface area contributed by atoms with Gasteiger partial charge >= 0.3 is 0 Å². The molecule has 1 aliphatic carbocycles. The van der Waals surface area contributed by atoms with Gasteiger partial charge in [-0.3, -0.25) is 9.69 Å². The lowest BCUT2D eigenvalue weighted by Crippen LogP contribution is -2.43. The molecule has 2 aromatic carbocycles. The minimum Gasteiger partial charge on any atom is -0.326 e. The van der Waals surface area contributed by atoms with Crippen LogP contribution in [0.1, 0.15) is 30.4 Å². The second-order valence-corrected chi connectivity index (χ2v) is 10.6. The molecule has 0 spiro atoms. The minimum atomic E-state index is -3.44. The zero-order valence-corrected chi connectivity index (χ0v) is 19.4. The van der Waals surface area contributed by atoms with Crippen molar-refractivity contribution < 1.29 is 13.2 Å². The number of likely N-dealkylation sites (N-methyl/N-ethyl adjacent to an activating group) is 1. The van der Waals surface area contributed by atoms with Gasteiger partial charge in [0.1, 0.15) is 0 Å². The molecule has 0 bridgehead atoms. The molecule has 32 heavy (non-hydrogen) atoms. The number of piperazine rings is 1. The van der Waals surface area contributed by atoms with Gasteiger partial charge in [-0.05, 0) is 61.7 Å². The summed E-state index contributed by atoms with van der Waals surface area (Å²) in [6, 6.07) is 14.9. The largest absolute Gasteiger partial charge is 0.326 e. The maximum atomic E-state index is 12.4. The number of hydrogen-bond donors (Lipinski definition) is 2. The van der Waals surface area contributed by atoms with Crippen LogP contribution in [0.25, 0.3) is 0 Å². The van der Waals surface area contributed by atoms with Gasteiger partial charge in [-0.25, -0.2) is 13.1 Å². The normalized spacial score (nSPS) is 17.9. The number of nitrogens with one attached hydrogen (secondary N) is 2. The van der Waals surface area contributed by atoms with E-state index in [2.05, 4.69) is 33.0 Å². The highest BCUT2D eigenvalue weighted by Crippen LogP contribution is 2.22. The Morgan fingerprint density at radius 1 is 1.00 bits per heavy atom. The van der Waals surface area contributed by atoms with Crippen molar-refractivity contribution in [2.24, 2.45) is 0 Å². The van der Waals surface area contributed by atoms with Crippen LogP contribution in [0, 0.1) is 0 Å². The monoisotopic (exact) mass is 456 g/mol. The quantitative estimate of drug-likeness (QED) is 0.606. The summed E-state index contributed by atoms with van der Waals surface area (Å²) >= 11 is 0. The topological polar surface area (TPSA) is 81.8 Å². The Kier molecular flexibility index (Phi) is 7.25. The van der Waals surface area contributed by atoms with E-state index in [4.69, 9.17) is 0 Å². The zero-order valence-electron chi connectivity index (χ0n) is 18.6. The van der Waals surface area contributed by atoms with Crippen molar-refractivity contribution >= 4 is 21.6 Å². The maximum absolute atomic E-state index is 12.4. The molecule has 2 fully saturated rings. The van der Waals surface area contributed by atoms with Gasteiger partial charge in [0.2, 0.25) is 15.9 Å². The van der Waals surface area contributed by atoms with Crippen molar-refractivity contribution in [3.8, 4) is 0 Å². The van der Waals surface area contributed by atoms with Gasteiger partial charge in [-0.1, -0.05) is 24.3 Å². The summed E-state index contributed by atoms with van der Waals surface area (Å²) in [6.45, 7) is 5.18. The molecule has 2 aliphatic rings. The molecule has 1 aliphatic heterocycles. The summed E-state index contributed by atoms with van der Waals surface area (Å²) < 4.78 is 27.2.